The molecule has 0 spiro atoms. The van der Waals surface area contributed by atoms with Gasteiger partial charge in [0, 0.05) is 18.6 Å². The van der Waals surface area contributed by atoms with E-state index in [0.717, 1.165) is 13.0 Å². The molecule has 1 unspecified atom stereocenters. The molecule has 0 aliphatic heterocycles. The first-order valence-electron chi connectivity index (χ1n) is 7.20. The van der Waals surface area contributed by atoms with E-state index in [1.807, 2.05) is 6.08 Å². The molecule has 0 radical (unpaired) electrons. The van der Waals surface area contributed by atoms with Crippen LogP contribution in [0, 0.1) is 0 Å². The number of hydrogen-bond acceptors (Lipinski definition) is 4. The van der Waals surface area contributed by atoms with Gasteiger partial charge in [0.25, 0.3) is 0 Å². The molecule has 0 aliphatic rings. The number of nitrogens with one attached hydrogen (secondary N) is 1. The number of carboxylic acids is 1. The molecule has 0 heterocycles. The number of carboxylic acid groups (broad SMARTS) is 1. The van der Waals surface area contributed by atoms with Crippen LogP contribution in [0.4, 0.5) is 0 Å². The molecule has 0 bridgehead atoms. The van der Waals surface area contributed by atoms with Crippen molar-refractivity contribution in [2.24, 2.45) is 0 Å². The molecule has 1 atom stereocenters. The molecule has 0 saturated carbocycles. The van der Waals surface area contributed by atoms with Crippen LogP contribution in [0.3, 0.4) is 0 Å². The summed E-state index contributed by atoms with van der Waals surface area (Å²) in [5.74, 6) is -1.39. The molecule has 0 fully saturated rings. The summed E-state index contributed by atoms with van der Waals surface area (Å²) in [6.07, 6.45) is 4.15. The molecule has 7 heteroatoms. The average Bonchev–Trinajstić information content (AvgIpc) is 2.31. The zero-order chi connectivity index (χ0) is 16.6. The fraction of sp³-hybridized carbons (Fsp3) is 0.786. The van der Waals surface area contributed by atoms with Crippen LogP contribution in [0.25, 0.3) is 0 Å². The van der Waals surface area contributed by atoms with Gasteiger partial charge in [-0.1, -0.05) is 12.2 Å². The van der Waals surface area contributed by atoms with Gasteiger partial charge in [0.05, 0.1) is 5.75 Å². The Morgan fingerprint density at radius 2 is 1.67 bits per heavy atom. The van der Waals surface area contributed by atoms with E-state index in [2.05, 4.69) is 37.3 Å². The number of aliphatic carboxylic acids is 1. The molecule has 0 saturated heterocycles. The average molecular weight is 320 g/mol. The highest BCUT2D eigenvalue weighted by Crippen LogP contribution is 2.06. The molecule has 0 rings (SSSR count). The second kappa shape index (κ2) is 9.17. The van der Waals surface area contributed by atoms with Crippen molar-refractivity contribution in [3.8, 4) is 0 Å². The van der Waals surface area contributed by atoms with Crippen LogP contribution in [-0.2, 0) is 14.8 Å². The zero-order valence-corrected chi connectivity index (χ0v) is 14.4. The van der Waals surface area contributed by atoms with E-state index in [-0.39, 0.29) is 5.75 Å². The Morgan fingerprint density at radius 3 is 2.10 bits per heavy atom. The second-order valence-corrected chi connectivity index (χ2v) is 7.44. The fourth-order valence-corrected chi connectivity index (χ4v) is 3.14. The molecule has 124 valence electrons. The SMILES string of the molecule is CC(NS(=O)(=O)CC=CCCN(C(C)C)C(C)C)C(=O)O. The molecule has 6 nitrogen and oxygen atoms in total. The fourth-order valence-electron chi connectivity index (χ4n) is 2.02. The Balaban J connectivity index is 4.25. The van der Waals surface area contributed by atoms with E-state index < -0.39 is 22.0 Å². The summed E-state index contributed by atoms with van der Waals surface area (Å²) in [7, 11) is -3.59. The molecule has 0 aromatic carbocycles. The number of sulfonamides is 1. The lowest BCUT2D eigenvalue weighted by atomic mass is 10.2. The quantitative estimate of drug-likeness (QED) is 0.595. The number of hydrogen-bond donors (Lipinski definition) is 2. The number of nitrogens with zero attached hydrogens (tertiary/aromatic N) is 1. The molecular weight excluding hydrogens is 292 g/mol. The summed E-state index contributed by atoms with van der Waals surface area (Å²) in [4.78, 5) is 12.9. The van der Waals surface area contributed by atoms with E-state index in [9.17, 15) is 13.2 Å². The van der Waals surface area contributed by atoms with E-state index in [4.69, 9.17) is 5.11 Å². The minimum atomic E-state index is -3.59. The molecule has 0 aromatic heterocycles. The first-order chi connectivity index (χ1) is 9.57. The largest absolute Gasteiger partial charge is 0.480 e. The van der Waals surface area contributed by atoms with E-state index in [0.29, 0.717) is 12.1 Å². The van der Waals surface area contributed by atoms with Gasteiger partial charge in [0.1, 0.15) is 6.04 Å². The highest BCUT2D eigenvalue weighted by molar-refractivity contribution is 7.89. The Kier molecular flexibility index (Phi) is 8.77. The summed E-state index contributed by atoms with van der Waals surface area (Å²) < 4.78 is 25.3. The maximum atomic E-state index is 11.6. The van der Waals surface area contributed by atoms with E-state index in [1.165, 1.54) is 6.92 Å². The topological polar surface area (TPSA) is 86.7 Å². The standard InChI is InChI=1S/C14H28N2O4S/c1-11(2)16(12(3)4)9-7-6-8-10-21(19,20)15-13(5)14(17)18/h6,8,11-13,15H,7,9-10H2,1-5H3,(H,17,18). The van der Waals surface area contributed by atoms with Crippen molar-refractivity contribution in [2.75, 3.05) is 12.3 Å². The van der Waals surface area contributed by atoms with Crippen LogP contribution in [-0.4, -0.2) is 54.8 Å². The predicted molar refractivity (Wildman–Crippen MR) is 84.8 cm³/mol. The third kappa shape index (κ3) is 8.85. The van der Waals surface area contributed by atoms with Crippen LogP contribution < -0.4 is 4.72 Å². The Labute approximate surface area is 128 Å². The first kappa shape index (κ1) is 20.1. The van der Waals surface area contributed by atoms with Crippen molar-refractivity contribution in [3.05, 3.63) is 12.2 Å². The summed E-state index contributed by atoms with van der Waals surface area (Å²) >= 11 is 0. The lowest BCUT2D eigenvalue weighted by molar-refractivity contribution is -0.138. The van der Waals surface area contributed by atoms with Crippen molar-refractivity contribution < 1.29 is 18.3 Å². The van der Waals surface area contributed by atoms with Gasteiger partial charge >= 0.3 is 5.97 Å². The van der Waals surface area contributed by atoms with E-state index in [1.54, 1.807) is 6.08 Å². The Hall–Kier alpha value is -0.920. The van der Waals surface area contributed by atoms with Crippen molar-refractivity contribution in [1.82, 2.24) is 9.62 Å². The highest BCUT2D eigenvalue weighted by atomic mass is 32.2. The maximum Gasteiger partial charge on any atom is 0.321 e. The van der Waals surface area contributed by atoms with Crippen molar-refractivity contribution >= 4 is 16.0 Å². The summed E-state index contributed by atoms with van der Waals surface area (Å²) in [6.45, 7) is 10.7. The molecule has 21 heavy (non-hydrogen) atoms. The molecule has 2 N–H and O–H groups in total. The highest BCUT2D eigenvalue weighted by Gasteiger charge is 2.18. The first-order valence-corrected chi connectivity index (χ1v) is 8.85. The van der Waals surface area contributed by atoms with Crippen molar-refractivity contribution in [2.45, 2.75) is 59.2 Å². The van der Waals surface area contributed by atoms with Crippen molar-refractivity contribution in [1.29, 1.82) is 0 Å². The van der Waals surface area contributed by atoms with Gasteiger partial charge in [-0.2, -0.15) is 0 Å². The maximum absolute atomic E-state index is 11.6. The third-order valence-electron chi connectivity index (χ3n) is 3.09. The smallest absolute Gasteiger partial charge is 0.321 e. The van der Waals surface area contributed by atoms with Crippen LogP contribution in [0.15, 0.2) is 12.2 Å². The van der Waals surface area contributed by atoms with Gasteiger partial charge in [-0.25, -0.2) is 13.1 Å². The minimum Gasteiger partial charge on any atom is -0.480 e. The molecule has 0 amide bonds. The summed E-state index contributed by atoms with van der Waals surface area (Å²) in [6, 6.07) is -0.221. The zero-order valence-electron chi connectivity index (χ0n) is 13.5. The van der Waals surface area contributed by atoms with Crippen LogP contribution in [0.2, 0.25) is 0 Å². The van der Waals surface area contributed by atoms with Gasteiger partial charge in [0.2, 0.25) is 10.0 Å². The minimum absolute atomic E-state index is 0.200. The molecular formula is C14H28N2O4S. The van der Waals surface area contributed by atoms with Gasteiger partial charge in [-0.3, -0.25) is 9.69 Å². The molecule has 0 aromatic rings. The predicted octanol–water partition coefficient (Wildman–Crippen LogP) is 1.44. The van der Waals surface area contributed by atoms with E-state index >= 15 is 0 Å². The van der Waals surface area contributed by atoms with Crippen molar-refractivity contribution in [3.63, 3.8) is 0 Å². The summed E-state index contributed by atoms with van der Waals surface area (Å²) in [5, 5.41) is 8.67. The third-order valence-corrected chi connectivity index (χ3v) is 4.43. The Bertz CT molecular complexity index is 436. The Morgan fingerprint density at radius 1 is 1.14 bits per heavy atom. The second-order valence-electron chi connectivity index (χ2n) is 5.64. The van der Waals surface area contributed by atoms with Crippen LogP contribution in [0.1, 0.15) is 41.0 Å². The normalized spacial score (nSPS) is 14.5. The van der Waals surface area contributed by atoms with Gasteiger partial charge < -0.3 is 5.11 Å². The number of rotatable bonds is 10. The van der Waals surface area contributed by atoms with Crippen LogP contribution >= 0.6 is 0 Å². The lowest BCUT2D eigenvalue weighted by Gasteiger charge is -2.29. The van der Waals surface area contributed by atoms with Crippen LogP contribution in [0.5, 0.6) is 0 Å². The summed E-state index contributed by atoms with van der Waals surface area (Å²) in [5.41, 5.74) is 0. The van der Waals surface area contributed by atoms with Gasteiger partial charge in [0.15, 0.2) is 0 Å². The number of carbonyl (C=O) groups is 1. The van der Waals surface area contributed by atoms with Gasteiger partial charge in [-0.15, -0.1) is 0 Å². The lowest BCUT2D eigenvalue weighted by Crippen LogP contribution is -2.39. The monoisotopic (exact) mass is 320 g/mol. The molecule has 0 aliphatic carbocycles. The van der Waals surface area contributed by atoms with Gasteiger partial charge in [-0.05, 0) is 41.0 Å².